The lowest BCUT2D eigenvalue weighted by Crippen LogP contribution is -2.61. The van der Waals surface area contributed by atoms with Crippen molar-refractivity contribution in [3.8, 4) is 21.6 Å². The number of piperidine rings is 1. The maximum Gasteiger partial charge on any atom is 0.264 e. The van der Waals surface area contributed by atoms with Crippen LogP contribution in [-0.4, -0.2) is 64.5 Å². The van der Waals surface area contributed by atoms with Crippen molar-refractivity contribution >= 4 is 28.8 Å². The second-order valence-corrected chi connectivity index (χ2v) is 11.1. The molecule has 1 aromatic heterocycles. The molecule has 3 aromatic rings. The lowest BCUT2D eigenvalue weighted by atomic mass is 9.95. The van der Waals surface area contributed by atoms with Crippen LogP contribution in [-0.2, 0) is 0 Å². The summed E-state index contributed by atoms with van der Waals surface area (Å²) < 4.78 is 14.5. The number of nitrogens with two attached hydrogens (primary N) is 1. The van der Waals surface area contributed by atoms with Crippen LogP contribution in [0.15, 0.2) is 48.5 Å². The van der Waals surface area contributed by atoms with Crippen LogP contribution in [0.2, 0.25) is 0 Å². The monoisotopic (exact) mass is 518 g/mol. The number of nitrogens with zero attached hydrogens (tertiary/aromatic N) is 3. The van der Waals surface area contributed by atoms with Crippen LogP contribution in [0.5, 0.6) is 0 Å². The number of β-amino-alcohol motifs (C(OH)–C–C–N with tert-alkyl or cyclic N) is 1. The minimum Gasteiger partial charge on any atom is -0.386 e. The van der Waals surface area contributed by atoms with Crippen molar-refractivity contribution in [2.45, 2.75) is 31.4 Å². The minimum absolute atomic E-state index is 0.0490. The molecular formula is C28H27FN4O3S. The zero-order chi connectivity index (χ0) is 26.3. The van der Waals surface area contributed by atoms with Gasteiger partial charge in [0, 0.05) is 35.1 Å². The Balaban J connectivity index is 1.50. The van der Waals surface area contributed by atoms with Crippen molar-refractivity contribution in [1.29, 1.82) is 0 Å². The van der Waals surface area contributed by atoms with E-state index in [0.29, 0.717) is 47.7 Å². The van der Waals surface area contributed by atoms with Gasteiger partial charge in [-0.3, -0.25) is 9.59 Å². The van der Waals surface area contributed by atoms with E-state index >= 15 is 0 Å². The fourth-order valence-corrected chi connectivity index (χ4v) is 6.06. The van der Waals surface area contributed by atoms with Gasteiger partial charge >= 0.3 is 0 Å². The van der Waals surface area contributed by atoms with E-state index in [9.17, 15) is 19.1 Å². The first-order chi connectivity index (χ1) is 17.6. The van der Waals surface area contributed by atoms with Gasteiger partial charge in [0.2, 0.25) is 5.69 Å². The van der Waals surface area contributed by atoms with Gasteiger partial charge in [0.1, 0.15) is 5.82 Å². The largest absolute Gasteiger partial charge is 0.386 e. The summed E-state index contributed by atoms with van der Waals surface area (Å²) in [7, 11) is 0. The Labute approximate surface area is 218 Å². The van der Waals surface area contributed by atoms with Gasteiger partial charge in [-0.05, 0) is 55.2 Å². The van der Waals surface area contributed by atoms with Gasteiger partial charge in [0.05, 0.1) is 30.1 Å². The third kappa shape index (κ3) is 5.01. The van der Waals surface area contributed by atoms with Crippen LogP contribution < -0.4 is 5.73 Å². The molecule has 2 aliphatic rings. The molecule has 2 saturated heterocycles. The zero-order valence-electron chi connectivity index (χ0n) is 20.4. The van der Waals surface area contributed by atoms with Crippen LogP contribution in [0.4, 0.5) is 10.1 Å². The van der Waals surface area contributed by atoms with Crippen LogP contribution in [0.3, 0.4) is 0 Å². The number of hydrogen-bond acceptors (Lipinski definition) is 5. The highest BCUT2D eigenvalue weighted by molar-refractivity contribution is 7.18. The number of amides is 2. The summed E-state index contributed by atoms with van der Waals surface area (Å²) in [6.45, 7) is 10.6. The number of carbonyl (C=O) groups is 2. The third-order valence-corrected chi connectivity index (χ3v) is 7.98. The summed E-state index contributed by atoms with van der Waals surface area (Å²) in [6.07, 6.45) is 1.74. The number of carbonyl (C=O) groups excluding carboxylic acids is 2. The van der Waals surface area contributed by atoms with Gasteiger partial charge in [-0.2, -0.15) is 0 Å². The first kappa shape index (κ1) is 25.1. The molecule has 3 N–H and O–H groups in total. The topological polar surface area (TPSA) is 91.2 Å². The molecule has 0 bridgehead atoms. The number of benzene rings is 2. The first-order valence-corrected chi connectivity index (χ1v) is 12.9. The molecule has 0 saturated carbocycles. The van der Waals surface area contributed by atoms with E-state index in [1.54, 1.807) is 41.0 Å². The van der Waals surface area contributed by atoms with Crippen LogP contribution in [0.1, 0.15) is 39.8 Å². The van der Waals surface area contributed by atoms with Crippen LogP contribution in [0.25, 0.3) is 26.4 Å². The van der Waals surface area contributed by atoms with E-state index in [1.807, 2.05) is 12.1 Å². The highest BCUT2D eigenvalue weighted by atomic mass is 32.1. The number of aliphatic hydroxyl groups is 1. The zero-order valence-corrected chi connectivity index (χ0v) is 21.2. The molecule has 3 heterocycles. The van der Waals surface area contributed by atoms with E-state index in [2.05, 4.69) is 4.85 Å². The molecule has 0 aliphatic carbocycles. The molecule has 2 aromatic carbocycles. The number of hydrogen-bond donors (Lipinski definition) is 2. The van der Waals surface area contributed by atoms with Gasteiger partial charge < -0.3 is 20.6 Å². The van der Waals surface area contributed by atoms with Crippen molar-refractivity contribution in [1.82, 2.24) is 9.80 Å². The van der Waals surface area contributed by atoms with Crippen molar-refractivity contribution in [2.24, 2.45) is 5.73 Å². The predicted octanol–water partition coefficient (Wildman–Crippen LogP) is 4.54. The molecule has 9 heteroatoms. The maximum atomic E-state index is 14.5. The van der Waals surface area contributed by atoms with Crippen molar-refractivity contribution in [3.63, 3.8) is 0 Å². The number of thiophene rings is 1. The molecule has 2 amide bonds. The van der Waals surface area contributed by atoms with Gasteiger partial charge in [-0.25, -0.2) is 9.24 Å². The maximum absolute atomic E-state index is 14.5. The van der Waals surface area contributed by atoms with Crippen molar-refractivity contribution in [2.75, 3.05) is 26.2 Å². The molecule has 2 fully saturated rings. The van der Waals surface area contributed by atoms with Crippen molar-refractivity contribution in [3.05, 3.63) is 76.2 Å². The second-order valence-electron chi connectivity index (χ2n) is 10.0. The second kappa shape index (κ2) is 9.71. The predicted molar refractivity (Wildman–Crippen MR) is 141 cm³/mol. The summed E-state index contributed by atoms with van der Waals surface area (Å²) in [5.74, 6) is -0.882. The summed E-state index contributed by atoms with van der Waals surface area (Å²) in [5, 5.41) is 9.95. The lowest BCUT2D eigenvalue weighted by Gasteiger charge is -2.44. The quantitative estimate of drug-likeness (QED) is 0.496. The fraction of sp³-hybridized carbons (Fsp3) is 0.321. The highest BCUT2D eigenvalue weighted by Crippen LogP contribution is 2.41. The Morgan fingerprint density at radius 2 is 1.81 bits per heavy atom. The van der Waals surface area contributed by atoms with Crippen LogP contribution in [0, 0.1) is 12.4 Å². The average Bonchev–Trinajstić information content (AvgIpc) is 3.32. The number of rotatable bonds is 4. The minimum atomic E-state index is -0.846. The number of halogens is 1. The van der Waals surface area contributed by atoms with E-state index in [0.717, 1.165) is 23.3 Å². The first-order valence-electron chi connectivity index (χ1n) is 12.1. The molecule has 5 rings (SSSR count). The van der Waals surface area contributed by atoms with Crippen LogP contribution >= 0.6 is 11.3 Å². The van der Waals surface area contributed by atoms with Gasteiger partial charge in [-0.1, -0.05) is 24.3 Å². The molecule has 0 spiro atoms. The van der Waals surface area contributed by atoms with E-state index in [1.165, 1.54) is 23.5 Å². The normalized spacial score (nSPS) is 18.7. The molecule has 2 aliphatic heterocycles. The Morgan fingerprint density at radius 3 is 2.43 bits per heavy atom. The van der Waals surface area contributed by atoms with E-state index in [-0.39, 0.29) is 23.5 Å². The number of likely N-dealkylation sites (tertiary alicyclic amines) is 2. The Bertz CT molecular complexity index is 1400. The average molecular weight is 519 g/mol. The molecule has 1 atom stereocenters. The van der Waals surface area contributed by atoms with Gasteiger partial charge in [-0.15, -0.1) is 11.3 Å². The van der Waals surface area contributed by atoms with E-state index in [4.69, 9.17) is 12.3 Å². The summed E-state index contributed by atoms with van der Waals surface area (Å²) >= 11 is 1.32. The Kier molecular flexibility index (Phi) is 6.58. The summed E-state index contributed by atoms with van der Waals surface area (Å²) in [6, 6.07) is 13.2. The molecule has 37 heavy (non-hydrogen) atoms. The standard InChI is InChI=1S/C28H27FN4O3S/c1-28(36)15-33(16-28)26(34)18-7-5-17(6-8-18)25-21(19-9-10-23(31-2)22(29)12-19)13-24(37-25)27(35)32-11-3-4-20(30)14-32/h5-10,12-13,20,36H,3-4,11,14-16,30H2,1H3/t20-/m1/s1. The fourth-order valence-electron chi connectivity index (χ4n) is 4.91. The third-order valence-electron chi connectivity index (χ3n) is 6.81. The van der Waals surface area contributed by atoms with Gasteiger partial charge in [0.15, 0.2) is 0 Å². The highest BCUT2D eigenvalue weighted by Gasteiger charge is 2.39. The molecule has 0 radical (unpaired) electrons. The van der Waals surface area contributed by atoms with Gasteiger partial charge in [0.25, 0.3) is 11.8 Å². The summed E-state index contributed by atoms with van der Waals surface area (Å²) in [4.78, 5) is 33.9. The lowest BCUT2D eigenvalue weighted by molar-refractivity contribution is -0.0668. The Hall–Kier alpha value is -3.58. The molecular weight excluding hydrogens is 491 g/mol. The Morgan fingerprint density at radius 1 is 1.11 bits per heavy atom. The molecule has 190 valence electrons. The summed E-state index contributed by atoms with van der Waals surface area (Å²) in [5.41, 5.74) is 7.72. The smallest absolute Gasteiger partial charge is 0.264 e. The SMILES string of the molecule is [C-]#[N+]c1ccc(-c2cc(C(=O)N3CCC[C@@H](N)C3)sc2-c2ccc(C(=O)N3CC(C)(O)C3)cc2)cc1F. The van der Waals surface area contributed by atoms with Crippen molar-refractivity contribution < 1.29 is 19.1 Å². The molecule has 0 unspecified atom stereocenters. The van der Waals surface area contributed by atoms with E-state index < -0.39 is 11.4 Å². The molecule has 7 nitrogen and oxygen atoms in total.